The van der Waals surface area contributed by atoms with E-state index in [2.05, 4.69) is 22.2 Å². The van der Waals surface area contributed by atoms with Crippen LogP contribution in [0, 0.1) is 6.92 Å². The van der Waals surface area contributed by atoms with E-state index < -0.39 is 0 Å². The number of aryl methyl sites for hydroxylation is 2. The number of para-hydroxylation sites is 1. The van der Waals surface area contributed by atoms with Crippen molar-refractivity contribution < 1.29 is 4.42 Å². The first kappa shape index (κ1) is 12.7. The molecule has 3 aromatic rings. The van der Waals surface area contributed by atoms with Gasteiger partial charge in [0.1, 0.15) is 17.2 Å². The Bertz CT molecular complexity index is 739. The lowest BCUT2D eigenvalue weighted by Gasteiger charge is -2.06. The van der Waals surface area contributed by atoms with Crippen molar-refractivity contribution in [3.8, 4) is 11.4 Å². The van der Waals surface area contributed by atoms with E-state index in [4.69, 9.17) is 4.42 Å². The zero-order valence-corrected chi connectivity index (χ0v) is 11.9. The normalized spacial score (nSPS) is 10.9. The lowest BCUT2D eigenvalue weighted by atomic mass is 10.1. The highest BCUT2D eigenvalue weighted by Crippen LogP contribution is 2.32. The van der Waals surface area contributed by atoms with Crippen LogP contribution in [0.3, 0.4) is 0 Å². The van der Waals surface area contributed by atoms with Crippen molar-refractivity contribution in [1.82, 2.24) is 9.97 Å². The predicted octanol–water partition coefficient (Wildman–Crippen LogP) is 3.80. The van der Waals surface area contributed by atoms with Gasteiger partial charge in [-0.15, -0.1) is 0 Å². The fourth-order valence-electron chi connectivity index (χ4n) is 2.36. The molecule has 0 saturated carbocycles. The number of benzene rings is 1. The molecule has 2 aromatic heterocycles. The van der Waals surface area contributed by atoms with Gasteiger partial charge in [0.15, 0.2) is 5.82 Å². The van der Waals surface area contributed by atoms with Crippen molar-refractivity contribution in [3.05, 3.63) is 41.8 Å². The average Bonchev–Trinajstić information content (AvgIpc) is 2.82. The third kappa shape index (κ3) is 2.03. The van der Waals surface area contributed by atoms with Crippen LogP contribution in [0.4, 0.5) is 5.82 Å². The summed E-state index contributed by atoms with van der Waals surface area (Å²) in [6.07, 6.45) is 0.874. The molecule has 0 atom stereocenters. The lowest BCUT2D eigenvalue weighted by Crippen LogP contribution is -2.00. The molecule has 20 heavy (non-hydrogen) atoms. The average molecular weight is 267 g/mol. The molecular weight excluding hydrogens is 250 g/mol. The molecule has 0 radical (unpaired) electrons. The first-order valence-corrected chi connectivity index (χ1v) is 6.77. The molecule has 3 rings (SSSR count). The number of fused-ring (bicyclic) bond motifs is 1. The maximum absolute atomic E-state index is 5.80. The zero-order chi connectivity index (χ0) is 14.1. The van der Waals surface area contributed by atoms with Crippen LogP contribution in [0.5, 0.6) is 0 Å². The summed E-state index contributed by atoms with van der Waals surface area (Å²) in [4.78, 5) is 9.21. The summed E-state index contributed by atoms with van der Waals surface area (Å²) in [7, 11) is 1.87. The van der Waals surface area contributed by atoms with Gasteiger partial charge in [-0.05, 0) is 19.4 Å². The van der Waals surface area contributed by atoms with Gasteiger partial charge in [-0.1, -0.05) is 25.1 Å². The van der Waals surface area contributed by atoms with Gasteiger partial charge >= 0.3 is 0 Å². The summed E-state index contributed by atoms with van der Waals surface area (Å²) >= 11 is 0. The molecule has 0 aliphatic carbocycles. The zero-order valence-electron chi connectivity index (χ0n) is 11.9. The molecule has 0 fully saturated rings. The van der Waals surface area contributed by atoms with Crippen LogP contribution in [0.2, 0.25) is 0 Å². The van der Waals surface area contributed by atoms with Gasteiger partial charge in [0.05, 0.1) is 5.56 Å². The third-order valence-corrected chi connectivity index (χ3v) is 3.39. The monoisotopic (exact) mass is 267 g/mol. The Balaban J connectivity index is 2.27. The molecule has 4 nitrogen and oxygen atoms in total. The Morgan fingerprint density at radius 2 is 2.00 bits per heavy atom. The summed E-state index contributed by atoms with van der Waals surface area (Å²) < 4.78 is 5.80. The van der Waals surface area contributed by atoms with Crippen molar-refractivity contribution in [2.75, 3.05) is 12.4 Å². The highest BCUT2D eigenvalue weighted by molar-refractivity contribution is 5.93. The van der Waals surface area contributed by atoms with Crippen LogP contribution in [0.15, 0.2) is 34.7 Å². The molecule has 1 N–H and O–H groups in total. The van der Waals surface area contributed by atoms with E-state index in [0.717, 1.165) is 46.0 Å². The summed E-state index contributed by atoms with van der Waals surface area (Å²) in [5, 5.41) is 4.15. The Hall–Kier alpha value is -2.36. The Morgan fingerprint density at radius 1 is 1.20 bits per heavy atom. The maximum Gasteiger partial charge on any atom is 0.165 e. The van der Waals surface area contributed by atoms with Gasteiger partial charge in [0, 0.05) is 24.2 Å². The first-order valence-electron chi connectivity index (χ1n) is 6.77. The highest BCUT2D eigenvalue weighted by Gasteiger charge is 2.16. The second-order valence-corrected chi connectivity index (χ2v) is 4.70. The van der Waals surface area contributed by atoms with Crippen molar-refractivity contribution >= 4 is 16.8 Å². The molecule has 0 spiro atoms. The van der Waals surface area contributed by atoms with E-state index in [0.29, 0.717) is 0 Å². The molecule has 0 aliphatic heterocycles. The first-order chi connectivity index (χ1) is 9.72. The van der Waals surface area contributed by atoms with E-state index in [9.17, 15) is 0 Å². The molecule has 0 unspecified atom stereocenters. The van der Waals surface area contributed by atoms with Gasteiger partial charge < -0.3 is 9.73 Å². The SMILES string of the molecule is CCc1cc(NC)nc(-c2c(C)oc3ccccc23)n1. The summed E-state index contributed by atoms with van der Waals surface area (Å²) in [6.45, 7) is 4.04. The molecule has 0 amide bonds. The minimum Gasteiger partial charge on any atom is -0.461 e. The topological polar surface area (TPSA) is 51.0 Å². The van der Waals surface area contributed by atoms with E-state index in [-0.39, 0.29) is 0 Å². The van der Waals surface area contributed by atoms with Crippen LogP contribution < -0.4 is 5.32 Å². The fourth-order valence-corrected chi connectivity index (χ4v) is 2.36. The summed E-state index contributed by atoms with van der Waals surface area (Å²) in [5.74, 6) is 2.40. The van der Waals surface area contributed by atoms with Crippen LogP contribution in [-0.4, -0.2) is 17.0 Å². The number of hydrogen-bond acceptors (Lipinski definition) is 4. The van der Waals surface area contributed by atoms with Crippen LogP contribution >= 0.6 is 0 Å². The van der Waals surface area contributed by atoms with Crippen molar-refractivity contribution in [1.29, 1.82) is 0 Å². The largest absolute Gasteiger partial charge is 0.461 e. The molecule has 0 saturated heterocycles. The Labute approximate surface area is 117 Å². The number of nitrogens with zero attached hydrogens (tertiary/aromatic N) is 2. The minimum atomic E-state index is 0.719. The van der Waals surface area contributed by atoms with E-state index in [1.165, 1.54) is 0 Å². The van der Waals surface area contributed by atoms with E-state index >= 15 is 0 Å². The quantitative estimate of drug-likeness (QED) is 0.784. The third-order valence-electron chi connectivity index (χ3n) is 3.39. The lowest BCUT2D eigenvalue weighted by molar-refractivity contribution is 0.579. The van der Waals surface area contributed by atoms with Gasteiger partial charge in [-0.3, -0.25) is 0 Å². The number of furan rings is 1. The molecule has 0 aliphatic rings. The van der Waals surface area contributed by atoms with Gasteiger partial charge in [-0.25, -0.2) is 9.97 Å². The Morgan fingerprint density at radius 3 is 2.75 bits per heavy atom. The molecule has 4 heteroatoms. The summed E-state index contributed by atoms with van der Waals surface area (Å²) in [6, 6.07) is 9.96. The minimum absolute atomic E-state index is 0.719. The fraction of sp³-hybridized carbons (Fsp3) is 0.250. The van der Waals surface area contributed by atoms with E-state index in [1.54, 1.807) is 0 Å². The van der Waals surface area contributed by atoms with Crippen LogP contribution in [-0.2, 0) is 6.42 Å². The molecule has 1 aromatic carbocycles. The summed E-state index contributed by atoms with van der Waals surface area (Å²) in [5.41, 5.74) is 2.87. The van der Waals surface area contributed by atoms with Crippen molar-refractivity contribution in [3.63, 3.8) is 0 Å². The van der Waals surface area contributed by atoms with Crippen molar-refractivity contribution in [2.45, 2.75) is 20.3 Å². The van der Waals surface area contributed by atoms with Gasteiger partial charge in [-0.2, -0.15) is 0 Å². The number of rotatable bonds is 3. The van der Waals surface area contributed by atoms with E-state index in [1.807, 2.05) is 44.3 Å². The molecule has 2 heterocycles. The maximum atomic E-state index is 5.80. The van der Waals surface area contributed by atoms with Crippen LogP contribution in [0.25, 0.3) is 22.4 Å². The van der Waals surface area contributed by atoms with Crippen molar-refractivity contribution in [2.24, 2.45) is 0 Å². The number of hydrogen-bond donors (Lipinski definition) is 1. The molecular formula is C16H17N3O. The number of aromatic nitrogens is 2. The second-order valence-electron chi connectivity index (χ2n) is 4.70. The van der Waals surface area contributed by atoms with Crippen LogP contribution in [0.1, 0.15) is 18.4 Å². The Kier molecular flexibility index (Phi) is 3.14. The van der Waals surface area contributed by atoms with Gasteiger partial charge in [0.25, 0.3) is 0 Å². The molecule has 102 valence electrons. The standard InChI is InChI=1S/C16H17N3O/c1-4-11-9-14(17-3)19-16(18-11)15-10(2)20-13-8-6-5-7-12(13)15/h5-9H,4H2,1-3H3,(H,17,18,19). The van der Waals surface area contributed by atoms with Gasteiger partial charge in [0.2, 0.25) is 0 Å². The number of anilines is 1. The number of nitrogens with one attached hydrogen (secondary N) is 1. The highest BCUT2D eigenvalue weighted by atomic mass is 16.3. The predicted molar refractivity (Wildman–Crippen MR) is 80.9 cm³/mol. The molecule has 0 bridgehead atoms. The second kappa shape index (κ2) is 4.96. The smallest absolute Gasteiger partial charge is 0.165 e.